The summed E-state index contributed by atoms with van der Waals surface area (Å²) < 4.78 is 2.28. The number of aromatic nitrogens is 2. The first-order valence-corrected chi connectivity index (χ1v) is 8.31. The number of aryl methyl sites for hydroxylation is 1. The average molecular weight is 273 g/mol. The van der Waals surface area contributed by atoms with E-state index in [0.717, 1.165) is 30.0 Å². The molecule has 4 fully saturated rings. The van der Waals surface area contributed by atoms with Gasteiger partial charge in [-0.3, -0.25) is 4.68 Å². The second-order valence-corrected chi connectivity index (χ2v) is 7.93. The molecule has 0 amide bonds. The van der Waals surface area contributed by atoms with Gasteiger partial charge >= 0.3 is 0 Å². The van der Waals surface area contributed by atoms with Crippen molar-refractivity contribution in [1.29, 1.82) is 0 Å². The van der Waals surface area contributed by atoms with Crippen LogP contribution in [-0.4, -0.2) is 9.78 Å². The predicted octanol–water partition coefficient (Wildman–Crippen LogP) is 3.18. The lowest BCUT2D eigenvalue weighted by Gasteiger charge is -2.56. The van der Waals surface area contributed by atoms with E-state index < -0.39 is 0 Å². The molecule has 110 valence electrons. The number of hydrogen-bond acceptors (Lipinski definition) is 2. The van der Waals surface area contributed by atoms with E-state index in [0.29, 0.717) is 12.0 Å². The Labute approximate surface area is 121 Å². The molecule has 1 aromatic heterocycles. The molecule has 4 bridgehead atoms. The lowest BCUT2D eigenvalue weighted by atomic mass is 9.49. The minimum Gasteiger partial charge on any atom is -0.326 e. The third kappa shape index (κ3) is 1.86. The maximum Gasteiger partial charge on any atom is 0.0641 e. The van der Waals surface area contributed by atoms with Crippen molar-refractivity contribution < 1.29 is 0 Å². The van der Waals surface area contributed by atoms with Crippen LogP contribution < -0.4 is 5.73 Å². The van der Waals surface area contributed by atoms with Gasteiger partial charge in [0.25, 0.3) is 0 Å². The average Bonchev–Trinajstić information content (AvgIpc) is 2.61. The quantitative estimate of drug-likeness (QED) is 0.919. The van der Waals surface area contributed by atoms with Crippen LogP contribution in [-0.2, 0) is 13.1 Å². The lowest BCUT2D eigenvalue weighted by Crippen LogP contribution is -2.48. The van der Waals surface area contributed by atoms with Crippen molar-refractivity contribution in [3.8, 4) is 0 Å². The molecule has 4 aliphatic rings. The second kappa shape index (κ2) is 4.33. The van der Waals surface area contributed by atoms with Crippen LogP contribution in [0.25, 0.3) is 0 Å². The molecule has 5 rings (SSSR count). The molecule has 1 aromatic rings. The Kier molecular flexibility index (Phi) is 2.79. The van der Waals surface area contributed by atoms with Crippen molar-refractivity contribution >= 4 is 0 Å². The van der Waals surface area contributed by atoms with Crippen molar-refractivity contribution in [2.24, 2.45) is 28.9 Å². The van der Waals surface area contributed by atoms with E-state index in [-0.39, 0.29) is 0 Å². The summed E-state index contributed by atoms with van der Waals surface area (Å²) in [6.45, 7) is 6.07. The highest BCUT2D eigenvalue weighted by Gasteiger charge is 2.51. The number of hydrogen-bond donors (Lipinski definition) is 1. The molecule has 4 aliphatic carbocycles. The Hall–Kier alpha value is -0.830. The standard InChI is InChI=1S/C17H27N3/c1-11-16(9-18)12(2)20(19-11)10-17-6-13-3-14(7-17)5-15(4-13)8-17/h13-15H,3-10,18H2,1-2H3. The van der Waals surface area contributed by atoms with Gasteiger partial charge in [0, 0.05) is 24.3 Å². The molecule has 0 radical (unpaired) electrons. The van der Waals surface area contributed by atoms with E-state index in [4.69, 9.17) is 10.8 Å². The van der Waals surface area contributed by atoms with Crippen LogP contribution in [0.4, 0.5) is 0 Å². The Morgan fingerprint density at radius 3 is 2.10 bits per heavy atom. The van der Waals surface area contributed by atoms with Crippen LogP contribution in [0.15, 0.2) is 0 Å². The molecule has 2 N–H and O–H groups in total. The molecule has 0 aliphatic heterocycles. The van der Waals surface area contributed by atoms with Crippen molar-refractivity contribution in [1.82, 2.24) is 9.78 Å². The summed E-state index contributed by atoms with van der Waals surface area (Å²) in [5, 5.41) is 4.79. The number of rotatable bonds is 3. The van der Waals surface area contributed by atoms with E-state index in [9.17, 15) is 0 Å². The van der Waals surface area contributed by atoms with Crippen LogP contribution in [0.2, 0.25) is 0 Å². The van der Waals surface area contributed by atoms with Gasteiger partial charge in [0.1, 0.15) is 0 Å². The fourth-order valence-corrected chi connectivity index (χ4v) is 5.98. The fraction of sp³-hybridized carbons (Fsp3) is 0.824. The predicted molar refractivity (Wildman–Crippen MR) is 80.2 cm³/mol. The highest BCUT2D eigenvalue weighted by atomic mass is 15.3. The van der Waals surface area contributed by atoms with E-state index in [1.807, 2.05) is 0 Å². The van der Waals surface area contributed by atoms with Gasteiger partial charge in [-0.1, -0.05) is 0 Å². The van der Waals surface area contributed by atoms with E-state index >= 15 is 0 Å². The molecule has 0 spiro atoms. The fourth-order valence-electron chi connectivity index (χ4n) is 5.98. The topological polar surface area (TPSA) is 43.8 Å². The van der Waals surface area contributed by atoms with Gasteiger partial charge in [-0.15, -0.1) is 0 Å². The molecule has 20 heavy (non-hydrogen) atoms. The minimum absolute atomic E-state index is 0.559. The summed E-state index contributed by atoms with van der Waals surface area (Å²) in [4.78, 5) is 0. The highest BCUT2D eigenvalue weighted by molar-refractivity contribution is 5.24. The highest BCUT2D eigenvalue weighted by Crippen LogP contribution is 2.60. The molecule has 0 unspecified atom stereocenters. The van der Waals surface area contributed by atoms with Crippen LogP contribution in [0.3, 0.4) is 0 Å². The molecular weight excluding hydrogens is 246 g/mol. The van der Waals surface area contributed by atoms with E-state index in [1.165, 1.54) is 49.8 Å². The van der Waals surface area contributed by atoms with Crippen LogP contribution >= 0.6 is 0 Å². The lowest BCUT2D eigenvalue weighted by molar-refractivity contribution is -0.0638. The zero-order chi connectivity index (χ0) is 13.9. The third-order valence-electron chi connectivity index (χ3n) is 6.39. The zero-order valence-corrected chi connectivity index (χ0v) is 12.9. The largest absolute Gasteiger partial charge is 0.326 e. The van der Waals surface area contributed by atoms with E-state index in [2.05, 4.69) is 18.5 Å². The first-order chi connectivity index (χ1) is 9.58. The van der Waals surface area contributed by atoms with E-state index in [1.54, 1.807) is 0 Å². The van der Waals surface area contributed by atoms with Gasteiger partial charge in [-0.2, -0.15) is 5.10 Å². The van der Waals surface area contributed by atoms with Crippen LogP contribution in [0, 0.1) is 37.0 Å². The van der Waals surface area contributed by atoms with Gasteiger partial charge in [-0.05, 0) is 75.5 Å². The summed E-state index contributed by atoms with van der Waals surface area (Å²) in [5.74, 6) is 3.06. The zero-order valence-electron chi connectivity index (χ0n) is 12.9. The first-order valence-electron chi connectivity index (χ1n) is 8.31. The van der Waals surface area contributed by atoms with Gasteiger partial charge in [0.05, 0.1) is 5.69 Å². The maximum atomic E-state index is 5.87. The van der Waals surface area contributed by atoms with Gasteiger partial charge in [0.15, 0.2) is 0 Å². The van der Waals surface area contributed by atoms with Crippen LogP contribution in [0.1, 0.15) is 55.5 Å². The second-order valence-electron chi connectivity index (χ2n) is 7.93. The van der Waals surface area contributed by atoms with Crippen molar-refractivity contribution in [2.45, 2.75) is 65.5 Å². The smallest absolute Gasteiger partial charge is 0.0641 e. The van der Waals surface area contributed by atoms with Gasteiger partial charge < -0.3 is 5.73 Å². The summed E-state index contributed by atoms with van der Waals surface area (Å²) in [6.07, 6.45) is 8.92. The summed E-state index contributed by atoms with van der Waals surface area (Å²) >= 11 is 0. The number of nitrogens with two attached hydrogens (primary N) is 1. The molecule has 1 heterocycles. The normalized spacial score (nSPS) is 38.6. The van der Waals surface area contributed by atoms with Crippen molar-refractivity contribution in [3.05, 3.63) is 17.0 Å². The monoisotopic (exact) mass is 273 g/mol. The number of nitrogens with zero attached hydrogens (tertiary/aromatic N) is 2. The minimum atomic E-state index is 0.559. The molecular formula is C17H27N3. The van der Waals surface area contributed by atoms with Crippen molar-refractivity contribution in [3.63, 3.8) is 0 Å². The van der Waals surface area contributed by atoms with Crippen LogP contribution in [0.5, 0.6) is 0 Å². The van der Waals surface area contributed by atoms with Crippen molar-refractivity contribution in [2.75, 3.05) is 0 Å². The summed E-state index contributed by atoms with van der Waals surface area (Å²) in [6, 6.07) is 0. The Balaban J connectivity index is 1.63. The summed E-state index contributed by atoms with van der Waals surface area (Å²) in [5.41, 5.74) is 10.1. The molecule has 0 saturated heterocycles. The molecule has 3 heteroatoms. The molecule has 0 aromatic carbocycles. The maximum absolute atomic E-state index is 5.87. The SMILES string of the molecule is Cc1nn(CC23CC4CC(CC(C4)C2)C3)c(C)c1CN. The van der Waals surface area contributed by atoms with Gasteiger partial charge in [-0.25, -0.2) is 0 Å². The van der Waals surface area contributed by atoms with Gasteiger partial charge in [0.2, 0.25) is 0 Å². The first kappa shape index (κ1) is 12.9. The summed E-state index contributed by atoms with van der Waals surface area (Å²) in [7, 11) is 0. The molecule has 4 saturated carbocycles. The molecule has 0 atom stereocenters. The Bertz CT molecular complexity index is 493. The Morgan fingerprint density at radius 1 is 1.10 bits per heavy atom. The third-order valence-corrected chi connectivity index (χ3v) is 6.39. The Morgan fingerprint density at radius 2 is 1.65 bits per heavy atom. The molecule has 3 nitrogen and oxygen atoms in total.